The first kappa shape index (κ1) is 17.7. The molecule has 2 fully saturated rings. The highest BCUT2D eigenvalue weighted by atomic mass is 16.5. The summed E-state index contributed by atoms with van der Waals surface area (Å²) in [6, 6.07) is 1.89. The molecule has 3 aromatic rings. The maximum Gasteiger partial charge on any atom is 0.180 e. The highest BCUT2D eigenvalue weighted by Gasteiger charge is 2.26. The largest absolute Gasteiger partial charge is 0.404 e. The van der Waals surface area contributed by atoms with E-state index in [0.29, 0.717) is 37.0 Å². The molecule has 4 heterocycles. The van der Waals surface area contributed by atoms with Gasteiger partial charge in [0.2, 0.25) is 0 Å². The number of anilines is 1. The summed E-state index contributed by atoms with van der Waals surface area (Å²) in [7, 11) is 0. The van der Waals surface area contributed by atoms with Crippen LogP contribution in [-0.4, -0.2) is 56.4 Å². The summed E-state index contributed by atoms with van der Waals surface area (Å²) in [6.45, 7) is 1.84. The Morgan fingerprint density at radius 1 is 1.24 bits per heavy atom. The maximum atomic E-state index is 7.51. The van der Waals surface area contributed by atoms with E-state index in [1.165, 1.54) is 25.3 Å². The third-order valence-corrected chi connectivity index (χ3v) is 5.40. The van der Waals surface area contributed by atoms with Gasteiger partial charge in [-0.3, -0.25) is 9.38 Å². The summed E-state index contributed by atoms with van der Waals surface area (Å²) in [5.41, 5.74) is 9.01. The van der Waals surface area contributed by atoms with Crippen molar-refractivity contribution in [1.82, 2.24) is 24.3 Å². The van der Waals surface area contributed by atoms with E-state index in [4.69, 9.17) is 20.9 Å². The average Bonchev–Trinajstić information content (AvgIpc) is 3.54. The standard InChI is InChI=1S/C20H22N8O/c21-7-14(8-22)17-12-27(5-6-29-17)18-3-4-23-20(26-18)16-9-25-19-10-24-15(11-28(16)19)13-1-2-13/h3-4,7-11,13,17,21H,1-2,5-6,12,22H2. The van der Waals surface area contributed by atoms with Gasteiger partial charge in [0.1, 0.15) is 17.6 Å². The number of hydrogen-bond donors (Lipinski definition) is 2. The van der Waals surface area contributed by atoms with Crippen molar-refractivity contribution in [3.8, 4) is 11.5 Å². The minimum atomic E-state index is -0.243. The van der Waals surface area contributed by atoms with E-state index >= 15 is 0 Å². The Hall–Kier alpha value is -3.33. The van der Waals surface area contributed by atoms with Gasteiger partial charge in [-0.2, -0.15) is 0 Å². The Balaban J connectivity index is 1.46. The van der Waals surface area contributed by atoms with Crippen molar-refractivity contribution >= 4 is 17.7 Å². The van der Waals surface area contributed by atoms with Crippen molar-refractivity contribution < 1.29 is 4.74 Å². The number of imidazole rings is 1. The third kappa shape index (κ3) is 3.33. The lowest BCUT2D eigenvalue weighted by Gasteiger charge is -2.34. The van der Waals surface area contributed by atoms with Gasteiger partial charge in [-0.1, -0.05) is 0 Å². The number of hydrogen-bond acceptors (Lipinski definition) is 8. The number of ether oxygens (including phenoxy) is 1. The van der Waals surface area contributed by atoms with Gasteiger partial charge in [-0.05, 0) is 18.9 Å². The van der Waals surface area contributed by atoms with Crippen molar-refractivity contribution in [3.63, 3.8) is 0 Å². The van der Waals surface area contributed by atoms with Crippen LogP contribution >= 0.6 is 0 Å². The number of nitrogens with two attached hydrogens (primary N) is 1. The summed E-state index contributed by atoms with van der Waals surface area (Å²) in [5, 5.41) is 7.51. The molecule has 9 heteroatoms. The van der Waals surface area contributed by atoms with Crippen molar-refractivity contribution in [2.24, 2.45) is 5.73 Å². The normalized spacial score (nSPS) is 20.2. The average molecular weight is 390 g/mol. The molecule has 2 aliphatic rings. The molecule has 0 bridgehead atoms. The molecule has 0 aromatic carbocycles. The lowest BCUT2D eigenvalue weighted by atomic mass is 10.1. The summed E-state index contributed by atoms with van der Waals surface area (Å²) in [4.78, 5) is 20.4. The maximum absolute atomic E-state index is 7.51. The van der Waals surface area contributed by atoms with Crippen LogP contribution in [0, 0.1) is 5.41 Å². The Labute approximate surface area is 167 Å². The fraction of sp³-hybridized carbons (Fsp3) is 0.350. The number of morpholine rings is 1. The van der Waals surface area contributed by atoms with Gasteiger partial charge in [-0.15, -0.1) is 0 Å². The zero-order valence-electron chi connectivity index (χ0n) is 15.9. The van der Waals surface area contributed by atoms with Gasteiger partial charge < -0.3 is 20.8 Å². The van der Waals surface area contributed by atoms with Gasteiger partial charge in [0, 0.05) is 49.4 Å². The lowest BCUT2D eigenvalue weighted by Crippen LogP contribution is -2.44. The molecule has 1 aliphatic carbocycles. The third-order valence-electron chi connectivity index (χ3n) is 5.40. The van der Waals surface area contributed by atoms with E-state index in [1.54, 1.807) is 12.4 Å². The smallest absolute Gasteiger partial charge is 0.180 e. The van der Waals surface area contributed by atoms with E-state index in [-0.39, 0.29) is 6.10 Å². The van der Waals surface area contributed by atoms with Crippen molar-refractivity contribution in [3.05, 3.63) is 48.3 Å². The molecule has 1 saturated carbocycles. The minimum Gasteiger partial charge on any atom is -0.404 e. The fourth-order valence-electron chi connectivity index (χ4n) is 3.62. The van der Waals surface area contributed by atoms with E-state index in [0.717, 1.165) is 22.9 Å². The summed E-state index contributed by atoms with van der Waals surface area (Å²) < 4.78 is 7.79. The molecule has 3 N–H and O–H groups in total. The van der Waals surface area contributed by atoms with Crippen LogP contribution in [0.15, 0.2) is 42.6 Å². The predicted molar refractivity (Wildman–Crippen MR) is 109 cm³/mol. The van der Waals surface area contributed by atoms with Crippen LogP contribution in [0.25, 0.3) is 17.2 Å². The molecule has 3 aromatic heterocycles. The molecule has 0 spiro atoms. The van der Waals surface area contributed by atoms with Crippen molar-refractivity contribution in [2.75, 3.05) is 24.6 Å². The SMILES string of the molecule is N=CC(=CN)C1CN(c2ccnc(-c3cnc4cnc(C5CC5)cn34)n2)CCO1. The Morgan fingerprint density at radius 3 is 2.93 bits per heavy atom. The van der Waals surface area contributed by atoms with Crippen LogP contribution in [0.5, 0.6) is 0 Å². The van der Waals surface area contributed by atoms with Gasteiger partial charge in [0.05, 0.1) is 24.7 Å². The van der Waals surface area contributed by atoms with Crippen molar-refractivity contribution in [2.45, 2.75) is 24.9 Å². The van der Waals surface area contributed by atoms with Gasteiger partial charge in [0.25, 0.3) is 0 Å². The molecule has 1 unspecified atom stereocenters. The second kappa shape index (κ2) is 7.25. The first-order valence-corrected chi connectivity index (χ1v) is 9.72. The molecule has 29 heavy (non-hydrogen) atoms. The second-order valence-electron chi connectivity index (χ2n) is 7.31. The van der Waals surface area contributed by atoms with Crippen molar-refractivity contribution in [1.29, 1.82) is 5.41 Å². The van der Waals surface area contributed by atoms with E-state index in [9.17, 15) is 0 Å². The number of fused-ring (bicyclic) bond motifs is 1. The highest BCUT2D eigenvalue weighted by Crippen LogP contribution is 2.39. The van der Waals surface area contributed by atoms with Crippen LogP contribution < -0.4 is 10.6 Å². The van der Waals surface area contributed by atoms with Gasteiger partial charge in [0.15, 0.2) is 11.5 Å². The molecule has 5 rings (SSSR count). The van der Waals surface area contributed by atoms with E-state index in [2.05, 4.69) is 26.0 Å². The number of rotatable bonds is 5. The minimum absolute atomic E-state index is 0.243. The first-order valence-electron chi connectivity index (χ1n) is 9.72. The molecule has 148 valence electrons. The molecule has 1 atom stereocenters. The molecule has 9 nitrogen and oxygen atoms in total. The Bertz CT molecular complexity index is 1090. The molecule has 1 aliphatic heterocycles. The molecule has 0 radical (unpaired) electrons. The zero-order chi connectivity index (χ0) is 19.8. The topological polar surface area (TPSA) is 118 Å². The first-order chi connectivity index (χ1) is 14.3. The van der Waals surface area contributed by atoms with Crippen LogP contribution in [-0.2, 0) is 4.74 Å². The monoisotopic (exact) mass is 390 g/mol. The van der Waals surface area contributed by atoms with Crippen LogP contribution in [0.1, 0.15) is 24.5 Å². The fourth-order valence-corrected chi connectivity index (χ4v) is 3.62. The van der Waals surface area contributed by atoms with Crippen LogP contribution in [0.4, 0.5) is 5.82 Å². The molecular weight excluding hydrogens is 368 g/mol. The van der Waals surface area contributed by atoms with Crippen LogP contribution in [0.3, 0.4) is 0 Å². The van der Waals surface area contributed by atoms with E-state index in [1.807, 2.05) is 16.7 Å². The number of aromatic nitrogens is 5. The van der Waals surface area contributed by atoms with Crippen LogP contribution in [0.2, 0.25) is 0 Å². The Kier molecular flexibility index (Phi) is 4.44. The number of nitrogens with zero attached hydrogens (tertiary/aromatic N) is 6. The molecule has 1 saturated heterocycles. The molecule has 0 amide bonds. The second-order valence-corrected chi connectivity index (χ2v) is 7.31. The summed E-state index contributed by atoms with van der Waals surface area (Å²) in [5.74, 6) is 1.99. The quantitative estimate of drug-likeness (QED) is 0.637. The summed E-state index contributed by atoms with van der Waals surface area (Å²) in [6.07, 6.45) is 12.2. The summed E-state index contributed by atoms with van der Waals surface area (Å²) >= 11 is 0. The Morgan fingerprint density at radius 2 is 2.14 bits per heavy atom. The lowest BCUT2D eigenvalue weighted by molar-refractivity contribution is 0.0676. The van der Waals surface area contributed by atoms with E-state index < -0.39 is 0 Å². The van der Waals surface area contributed by atoms with Gasteiger partial charge >= 0.3 is 0 Å². The van der Waals surface area contributed by atoms with Gasteiger partial charge in [-0.25, -0.2) is 15.0 Å². The highest BCUT2D eigenvalue weighted by molar-refractivity contribution is 5.77. The molecular formula is C20H22N8O. The zero-order valence-corrected chi connectivity index (χ0v) is 15.9. The number of nitrogens with one attached hydrogen (secondary N) is 1. The predicted octanol–water partition coefficient (Wildman–Crippen LogP) is 1.76.